The molecular formula is C39H36Cl2N6O4. The Kier molecular flexibility index (Phi) is 9.12. The molecule has 2 saturated heterocycles. The van der Waals surface area contributed by atoms with Gasteiger partial charge in [-0.3, -0.25) is 19.6 Å². The van der Waals surface area contributed by atoms with Crippen LogP contribution in [0, 0.1) is 12.8 Å². The fourth-order valence-electron chi connectivity index (χ4n) is 7.31. The van der Waals surface area contributed by atoms with Crippen molar-refractivity contribution in [2.45, 2.75) is 39.0 Å². The first-order valence-electron chi connectivity index (χ1n) is 17.0. The molecule has 2 fully saturated rings. The van der Waals surface area contributed by atoms with Crippen LogP contribution >= 0.6 is 23.2 Å². The van der Waals surface area contributed by atoms with Gasteiger partial charge >= 0.3 is 5.97 Å². The smallest absolute Gasteiger partial charge is 0.307 e. The number of pyridine rings is 2. The van der Waals surface area contributed by atoms with E-state index in [0.29, 0.717) is 64.6 Å². The summed E-state index contributed by atoms with van der Waals surface area (Å²) in [6, 6.07) is 19.7. The third kappa shape index (κ3) is 6.78. The molecule has 0 aliphatic carbocycles. The molecule has 2 atom stereocenters. The molecule has 5 heterocycles. The van der Waals surface area contributed by atoms with Crippen molar-refractivity contribution in [2.75, 3.05) is 31.5 Å². The number of benzene rings is 3. The minimum absolute atomic E-state index is 0.261. The van der Waals surface area contributed by atoms with Gasteiger partial charge in [0.05, 0.1) is 27.8 Å². The number of hydrogen-bond donors (Lipinski definition) is 3. The first kappa shape index (κ1) is 33.6. The number of carboxylic acid groups (broad SMARTS) is 1. The molecule has 2 aliphatic rings. The predicted molar refractivity (Wildman–Crippen MR) is 199 cm³/mol. The van der Waals surface area contributed by atoms with Crippen LogP contribution in [0.5, 0.6) is 0 Å². The number of fused-ring (bicyclic) bond motifs is 2. The average Bonchev–Trinajstić information content (AvgIpc) is 3.86. The van der Waals surface area contributed by atoms with E-state index in [1.807, 2.05) is 67.7 Å². The summed E-state index contributed by atoms with van der Waals surface area (Å²) in [6.07, 6.45) is 4.81. The maximum atomic E-state index is 11.4. The van der Waals surface area contributed by atoms with Gasteiger partial charge in [-0.25, -0.2) is 9.97 Å². The number of carboxylic acids is 1. The molecule has 8 rings (SSSR count). The maximum absolute atomic E-state index is 11.4. The van der Waals surface area contributed by atoms with Crippen LogP contribution in [0.1, 0.15) is 29.5 Å². The van der Waals surface area contributed by atoms with E-state index in [2.05, 4.69) is 26.2 Å². The van der Waals surface area contributed by atoms with Crippen LogP contribution in [-0.2, 0) is 17.9 Å². The topological polar surface area (TPSA) is 128 Å². The van der Waals surface area contributed by atoms with Crippen LogP contribution in [0.2, 0.25) is 10.0 Å². The number of anilines is 2. The molecule has 0 spiro atoms. The number of aromatic nitrogens is 3. The van der Waals surface area contributed by atoms with E-state index in [-0.39, 0.29) is 12.0 Å². The number of aliphatic hydroxyl groups excluding tert-OH is 1. The lowest BCUT2D eigenvalue weighted by Gasteiger charge is -2.16. The van der Waals surface area contributed by atoms with E-state index in [4.69, 9.17) is 37.6 Å². The first-order chi connectivity index (χ1) is 24.7. The van der Waals surface area contributed by atoms with Gasteiger partial charge in [-0.1, -0.05) is 47.5 Å². The molecule has 3 aromatic carbocycles. The molecule has 3 N–H and O–H groups in total. The second-order valence-electron chi connectivity index (χ2n) is 13.5. The Morgan fingerprint density at radius 2 is 1.71 bits per heavy atom. The minimum Gasteiger partial charge on any atom is -0.481 e. The Morgan fingerprint density at radius 3 is 2.51 bits per heavy atom. The van der Waals surface area contributed by atoms with Crippen LogP contribution in [0.15, 0.2) is 77.5 Å². The van der Waals surface area contributed by atoms with Gasteiger partial charge < -0.3 is 19.9 Å². The number of carbonyl (C=O) groups is 1. The molecule has 6 aromatic rings. The summed E-state index contributed by atoms with van der Waals surface area (Å²) >= 11 is 13.8. The Morgan fingerprint density at radius 1 is 0.941 bits per heavy atom. The molecule has 12 heteroatoms. The molecule has 10 nitrogen and oxygen atoms in total. The second kappa shape index (κ2) is 13.9. The number of β-amino-alcohol motifs (C(OH)–C–C–N with tert-alkyl or cyclic N) is 1. The Balaban J connectivity index is 1.05. The molecule has 0 saturated carbocycles. The largest absolute Gasteiger partial charge is 0.481 e. The lowest BCUT2D eigenvalue weighted by molar-refractivity contribution is -0.141. The Bertz CT molecular complexity index is 2290. The molecule has 3 aromatic heterocycles. The highest BCUT2D eigenvalue weighted by atomic mass is 35.5. The number of likely N-dealkylation sites (tertiary alicyclic amines) is 2. The van der Waals surface area contributed by atoms with Gasteiger partial charge in [-0.05, 0) is 85.0 Å². The quantitative estimate of drug-likeness (QED) is 0.135. The van der Waals surface area contributed by atoms with E-state index in [1.165, 1.54) is 0 Å². The van der Waals surface area contributed by atoms with Crippen LogP contribution in [0.4, 0.5) is 11.5 Å². The fraction of sp³-hybridized carbons (Fsp3) is 0.282. The number of hydrogen-bond acceptors (Lipinski definition) is 9. The summed E-state index contributed by atoms with van der Waals surface area (Å²) in [6.45, 7) is 6.15. The van der Waals surface area contributed by atoms with Gasteiger partial charge in [0.25, 0.3) is 0 Å². The van der Waals surface area contributed by atoms with E-state index in [0.717, 1.165) is 70.3 Å². The molecule has 0 amide bonds. The van der Waals surface area contributed by atoms with E-state index in [1.54, 1.807) is 6.20 Å². The van der Waals surface area contributed by atoms with Crippen molar-refractivity contribution in [1.29, 1.82) is 0 Å². The van der Waals surface area contributed by atoms with Crippen molar-refractivity contribution >= 4 is 62.7 Å². The number of oxazole rings is 1. The lowest BCUT2D eigenvalue weighted by atomic mass is 9.96. The van der Waals surface area contributed by atoms with Crippen LogP contribution in [0.25, 0.3) is 44.6 Å². The van der Waals surface area contributed by atoms with E-state index >= 15 is 0 Å². The summed E-state index contributed by atoms with van der Waals surface area (Å²) < 4.78 is 6.25. The highest BCUT2D eigenvalue weighted by Crippen LogP contribution is 2.40. The first-order valence-corrected chi connectivity index (χ1v) is 17.8. The van der Waals surface area contributed by atoms with Crippen molar-refractivity contribution in [2.24, 2.45) is 5.92 Å². The molecule has 0 radical (unpaired) electrons. The fourth-order valence-corrected chi connectivity index (χ4v) is 7.86. The zero-order valence-corrected chi connectivity index (χ0v) is 29.5. The van der Waals surface area contributed by atoms with Crippen LogP contribution in [0.3, 0.4) is 0 Å². The van der Waals surface area contributed by atoms with Gasteiger partial charge in [-0.15, -0.1) is 0 Å². The number of nitrogens with zero attached hydrogens (tertiary/aromatic N) is 5. The van der Waals surface area contributed by atoms with Crippen molar-refractivity contribution < 1.29 is 19.4 Å². The summed E-state index contributed by atoms with van der Waals surface area (Å²) in [5, 5.41) is 24.7. The number of aliphatic hydroxyl groups is 1. The summed E-state index contributed by atoms with van der Waals surface area (Å²) in [5.74, 6) is -0.0363. The number of rotatable bonds is 9. The maximum Gasteiger partial charge on any atom is 0.307 e. The van der Waals surface area contributed by atoms with Crippen LogP contribution in [-0.4, -0.2) is 73.2 Å². The summed E-state index contributed by atoms with van der Waals surface area (Å²) in [5.41, 5.74) is 8.17. The number of nitrogens with one attached hydrogen (secondary N) is 1. The van der Waals surface area contributed by atoms with Crippen molar-refractivity contribution in [3.63, 3.8) is 0 Å². The SMILES string of the molecule is Cc1c(-c2nc3cc(CN4CC[C@H](C(=O)O)C4)cc(Cl)c3o2)cccc1-c1cccc(Nc2nccc3cc(CN4CC[C@H](O)C4)cnc23)c1Cl. The standard InChI is InChI=1S/C39H36Cl2N6O4/c1-22-28(4-2-5-29(22)38-45-33-16-23(15-31(40)36(33)51-38)18-46-12-9-26(20-46)39(49)50)30-6-3-7-32(34(30)41)44-37-35-25(8-11-42-37)14-24(17-43-35)19-47-13-10-27(48)21-47/h2-8,11,14-17,26-27,48H,9-10,12-13,18-21H2,1H3,(H,42,44)(H,49,50)/t26-,27-/m0/s1. The Hall–Kier alpha value is -4.58. The van der Waals surface area contributed by atoms with Crippen molar-refractivity contribution in [3.05, 3.63) is 99.8 Å². The number of aliphatic carboxylic acids is 1. The van der Waals surface area contributed by atoms with Crippen molar-refractivity contribution in [3.8, 4) is 22.6 Å². The van der Waals surface area contributed by atoms with Gasteiger partial charge in [0, 0.05) is 61.6 Å². The molecule has 0 unspecified atom stereocenters. The zero-order valence-electron chi connectivity index (χ0n) is 27.9. The van der Waals surface area contributed by atoms with Gasteiger partial charge in [0.2, 0.25) is 5.89 Å². The summed E-state index contributed by atoms with van der Waals surface area (Å²) in [4.78, 5) is 30.0. The average molecular weight is 724 g/mol. The number of halogens is 2. The van der Waals surface area contributed by atoms with Gasteiger partial charge in [0.15, 0.2) is 11.4 Å². The summed E-state index contributed by atoms with van der Waals surface area (Å²) in [7, 11) is 0. The molecule has 51 heavy (non-hydrogen) atoms. The highest BCUT2D eigenvalue weighted by Gasteiger charge is 2.28. The van der Waals surface area contributed by atoms with Crippen LogP contribution < -0.4 is 5.32 Å². The van der Waals surface area contributed by atoms with Gasteiger partial charge in [0.1, 0.15) is 11.0 Å². The Labute approximate surface area is 304 Å². The third-order valence-electron chi connectivity index (χ3n) is 9.95. The van der Waals surface area contributed by atoms with E-state index in [9.17, 15) is 15.0 Å². The molecule has 260 valence electrons. The second-order valence-corrected chi connectivity index (χ2v) is 14.3. The lowest BCUT2D eigenvalue weighted by Crippen LogP contribution is -2.22. The normalized spacial score (nSPS) is 18.3. The van der Waals surface area contributed by atoms with Gasteiger partial charge in [-0.2, -0.15) is 0 Å². The molecular weight excluding hydrogens is 687 g/mol. The van der Waals surface area contributed by atoms with E-state index < -0.39 is 5.97 Å². The highest BCUT2D eigenvalue weighted by molar-refractivity contribution is 6.36. The monoisotopic (exact) mass is 722 g/mol. The van der Waals surface area contributed by atoms with Crippen molar-refractivity contribution in [1.82, 2.24) is 24.8 Å². The molecule has 2 aliphatic heterocycles. The zero-order chi connectivity index (χ0) is 35.2. The molecule has 0 bridgehead atoms. The minimum atomic E-state index is -0.751. The predicted octanol–water partition coefficient (Wildman–Crippen LogP) is 7.94. The third-order valence-corrected chi connectivity index (χ3v) is 10.6.